The van der Waals surface area contributed by atoms with Crippen molar-refractivity contribution < 1.29 is 32.3 Å². The highest BCUT2D eigenvalue weighted by atomic mass is 32.1. The number of thiophene rings is 1. The Morgan fingerprint density at radius 3 is 2.89 bits per heavy atom. The van der Waals surface area contributed by atoms with E-state index in [1.54, 1.807) is 0 Å². The Kier molecular flexibility index (Phi) is 6.33. The van der Waals surface area contributed by atoms with Crippen molar-refractivity contribution in [1.29, 1.82) is 0 Å². The lowest BCUT2D eigenvalue weighted by Crippen LogP contribution is -2.03. The van der Waals surface area contributed by atoms with Crippen molar-refractivity contribution in [3.05, 3.63) is 53.2 Å². The van der Waals surface area contributed by atoms with Gasteiger partial charge in [0.25, 0.3) is 5.89 Å². The highest BCUT2D eigenvalue weighted by molar-refractivity contribution is 7.13. The summed E-state index contributed by atoms with van der Waals surface area (Å²) in [5.74, 6) is -0.0240. The molecule has 0 N–H and O–H groups in total. The Labute approximate surface area is 162 Å². The van der Waals surface area contributed by atoms with Crippen LogP contribution < -0.4 is 9.47 Å². The zero-order valence-corrected chi connectivity index (χ0v) is 15.3. The van der Waals surface area contributed by atoms with Gasteiger partial charge in [-0.05, 0) is 35.2 Å². The molecule has 146 valence electrons. The maximum atomic E-state index is 12.3. The number of benzene rings is 1. The van der Waals surface area contributed by atoms with Gasteiger partial charge in [0.1, 0.15) is 0 Å². The van der Waals surface area contributed by atoms with E-state index in [1.807, 2.05) is 17.5 Å². The van der Waals surface area contributed by atoms with E-state index in [4.69, 9.17) is 14.0 Å². The number of hydrogen-bond acceptors (Lipinski definition) is 8. The fourth-order valence-corrected chi connectivity index (χ4v) is 2.79. The fourth-order valence-electron chi connectivity index (χ4n) is 2.14. The molecule has 0 radical (unpaired) electrons. The second kappa shape index (κ2) is 9.09. The normalized spacial score (nSPS) is 11.1. The molecule has 0 unspecified atom stereocenters. The number of aromatic nitrogens is 2. The molecule has 0 aliphatic rings. The van der Waals surface area contributed by atoms with Gasteiger partial charge >= 0.3 is 12.6 Å². The molecule has 0 spiro atoms. The zero-order valence-electron chi connectivity index (χ0n) is 14.5. The Bertz CT molecular complexity index is 957. The van der Waals surface area contributed by atoms with Crippen molar-refractivity contribution in [2.75, 3.05) is 7.11 Å². The molecule has 3 aromatic rings. The summed E-state index contributed by atoms with van der Waals surface area (Å²) in [5, 5.41) is 5.63. The molecule has 7 nitrogen and oxygen atoms in total. The van der Waals surface area contributed by atoms with Crippen LogP contribution in [0.2, 0.25) is 0 Å². The molecule has 2 heterocycles. The lowest BCUT2D eigenvalue weighted by Gasteiger charge is -2.10. The second-order valence-electron chi connectivity index (χ2n) is 5.22. The molecule has 2 aromatic heterocycles. The predicted octanol–water partition coefficient (Wildman–Crippen LogP) is 4.16. The van der Waals surface area contributed by atoms with Gasteiger partial charge in [0.05, 0.1) is 12.0 Å². The van der Waals surface area contributed by atoms with Gasteiger partial charge in [-0.25, -0.2) is 4.79 Å². The molecular formula is C18H14F2N2O5S. The SMILES string of the molecule is COc1cc(/C=C/C(=O)OCc2noc(-c3cccs3)n2)ccc1OC(F)F. The average Bonchev–Trinajstić information content (AvgIpc) is 3.36. The number of hydrogen-bond donors (Lipinski definition) is 0. The van der Waals surface area contributed by atoms with E-state index < -0.39 is 12.6 Å². The van der Waals surface area contributed by atoms with Crippen molar-refractivity contribution in [1.82, 2.24) is 10.1 Å². The number of carbonyl (C=O) groups is 1. The van der Waals surface area contributed by atoms with Gasteiger partial charge in [-0.2, -0.15) is 13.8 Å². The van der Waals surface area contributed by atoms with E-state index >= 15 is 0 Å². The molecule has 0 atom stereocenters. The zero-order chi connectivity index (χ0) is 19.9. The third kappa shape index (κ3) is 5.13. The van der Waals surface area contributed by atoms with Crippen LogP contribution in [0.5, 0.6) is 11.5 Å². The van der Waals surface area contributed by atoms with Gasteiger partial charge < -0.3 is 18.7 Å². The minimum Gasteiger partial charge on any atom is -0.493 e. The first-order chi connectivity index (χ1) is 13.5. The van der Waals surface area contributed by atoms with Crippen molar-refractivity contribution in [2.24, 2.45) is 0 Å². The second-order valence-corrected chi connectivity index (χ2v) is 6.17. The van der Waals surface area contributed by atoms with Gasteiger partial charge in [-0.3, -0.25) is 0 Å². The molecule has 0 aliphatic carbocycles. The molecule has 0 bridgehead atoms. The molecule has 0 saturated heterocycles. The molecule has 1 aromatic carbocycles. The Hall–Kier alpha value is -3.27. The number of nitrogens with zero attached hydrogens (tertiary/aromatic N) is 2. The minimum atomic E-state index is -2.96. The van der Waals surface area contributed by atoms with Crippen LogP contribution in [0.4, 0.5) is 8.78 Å². The van der Waals surface area contributed by atoms with Gasteiger partial charge in [-0.1, -0.05) is 17.3 Å². The molecule has 0 amide bonds. The summed E-state index contributed by atoms with van der Waals surface area (Å²) in [6.07, 6.45) is 2.63. The topological polar surface area (TPSA) is 83.7 Å². The third-order valence-electron chi connectivity index (χ3n) is 3.36. The van der Waals surface area contributed by atoms with Crippen LogP contribution in [0.15, 0.2) is 46.3 Å². The van der Waals surface area contributed by atoms with E-state index in [1.165, 1.54) is 48.8 Å². The average molecular weight is 408 g/mol. The van der Waals surface area contributed by atoms with Crippen LogP contribution >= 0.6 is 11.3 Å². The molecule has 0 fully saturated rings. The van der Waals surface area contributed by atoms with Crippen molar-refractivity contribution in [2.45, 2.75) is 13.2 Å². The van der Waals surface area contributed by atoms with Crippen molar-refractivity contribution in [3.63, 3.8) is 0 Å². The largest absolute Gasteiger partial charge is 0.493 e. The lowest BCUT2D eigenvalue weighted by atomic mass is 10.2. The summed E-state index contributed by atoms with van der Waals surface area (Å²) in [5.41, 5.74) is 0.537. The molecule has 0 saturated carbocycles. The first-order valence-corrected chi connectivity index (χ1v) is 8.77. The fraction of sp³-hybridized carbons (Fsp3) is 0.167. The Morgan fingerprint density at radius 2 is 2.18 bits per heavy atom. The number of rotatable bonds is 8. The number of esters is 1. The standard InChI is InChI=1S/C18H14F2N2O5S/c1-24-13-9-11(4-6-12(13)26-18(19)20)5-7-16(23)25-10-15-21-17(27-22-15)14-3-2-8-28-14/h2-9,18H,10H2,1H3/b7-5+. The molecule has 3 rings (SSSR count). The number of halogens is 2. The molecular weight excluding hydrogens is 394 g/mol. The molecule has 28 heavy (non-hydrogen) atoms. The summed E-state index contributed by atoms with van der Waals surface area (Å²) in [6.45, 7) is -3.11. The van der Waals surface area contributed by atoms with E-state index in [-0.39, 0.29) is 23.9 Å². The summed E-state index contributed by atoms with van der Waals surface area (Å²) in [7, 11) is 1.32. The minimum absolute atomic E-state index is 0.101. The number of alkyl halides is 2. The summed E-state index contributed by atoms with van der Waals surface area (Å²) >= 11 is 1.45. The number of carbonyl (C=O) groups excluding carboxylic acids is 1. The monoisotopic (exact) mass is 408 g/mol. The Balaban J connectivity index is 1.56. The van der Waals surface area contributed by atoms with E-state index in [2.05, 4.69) is 14.9 Å². The Morgan fingerprint density at radius 1 is 1.32 bits per heavy atom. The van der Waals surface area contributed by atoms with Crippen LogP contribution in [0.25, 0.3) is 16.8 Å². The highest BCUT2D eigenvalue weighted by Crippen LogP contribution is 2.29. The lowest BCUT2D eigenvalue weighted by molar-refractivity contribution is -0.139. The maximum absolute atomic E-state index is 12.3. The summed E-state index contributed by atoms with van der Waals surface area (Å²) < 4.78 is 44.1. The molecule has 0 aliphatic heterocycles. The van der Waals surface area contributed by atoms with Crippen molar-refractivity contribution in [3.8, 4) is 22.3 Å². The van der Waals surface area contributed by atoms with Crippen molar-refractivity contribution >= 4 is 23.4 Å². The quantitative estimate of drug-likeness (QED) is 0.409. The van der Waals surface area contributed by atoms with Gasteiger partial charge in [0, 0.05) is 6.08 Å². The first-order valence-electron chi connectivity index (χ1n) is 7.89. The summed E-state index contributed by atoms with van der Waals surface area (Å²) in [6, 6.07) is 7.96. The van der Waals surface area contributed by atoms with E-state index in [0.717, 1.165) is 4.88 Å². The summed E-state index contributed by atoms with van der Waals surface area (Å²) in [4.78, 5) is 16.8. The first kappa shape index (κ1) is 19.5. The number of ether oxygens (including phenoxy) is 3. The van der Waals surface area contributed by atoms with Crippen LogP contribution in [0, 0.1) is 0 Å². The van der Waals surface area contributed by atoms with Gasteiger partial charge in [0.15, 0.2) is 18.1 Å². The van der Waals surface area contributed by atoms with Crippen LogP contribution in [0.3, 0.4) is 0 Å². The van der Waals surface area contributed by atoms with E-state index in [0.29, 0.717) is 11.5 Å². The third-order valence-corrected chi connectivity index (χ3v) is 4.22. The molecule has 10 heteroatoms. The smallest absolute Gasteiger partial charge is 0.387 e. The van der Waals surface area contributed by atoms with Crippen LogP contribution in [0.1, 0.15) is 11.4 Å². The number of methoxy groups -OCH3 is 1. The highest BCUT2D eigenvalue weighted by Gasteiger charge is 2.12. The maximum Gasteiger partial charge on any atom is 0.387 e. The predicted molar refractivity (Wildman–Crippen MR) is 96.1 cm³/mol. The van der Waals surface area contributed by atoms with Gasteiger partial charge in [-0.15, -0.1) is 11.3 Å². The van der Waals surface area contributed by atoms with E-state index in [9.17, 15) is 13.6 Å². The van der Waals surface area contributed by atoms with Crippen LogP contribution in [-0.4, -0.2) is 29.8 Å². The van der Waals surface area contributed by atoms with Gasteiger partial charge in [0.2, 0.25) is 5.82 Å². The van der Waals surface area contributed by atoms with Crippen LogP contribution in [-0.2, 0) is 16.1 Å².